The first kappa shape index (κ1) is 16.5. The van der Waals surface area contributed by atoms with Crippen molar-refractivity contribution in [1.29, 1.82) is 0 Å². The second kappa shape index (κ2) is 9.38. The van der Waals surface area contributed by atoms with Gasteiger partial charge in [0.2, 0.25) is 0 Å². The third-order valence-electron chi connectivity index (χ3n) is 2.48. The summed E-state index contributed by atoms with van der Waals surface area (Å²) in [6, 6.07) is 25.8. The molecule has 0 atom stereocenters. The second-order valence-corrected chi connectivity index (χ2v) is 4.41. The van der Waals surface area contributed by atoms with Gasteiger partial charge in [-0.2, -0.15) is 30.3 Å². The smallest absolute Gasteiger partial charge is 0.268 e. The van der Waals surface area contributed by atoms with E-state index in [2.05, 4.69) is 17.6 Å². The van der Waals surface area contributed by atoms with Gasteiger partial charge in [0.05, 0.1) is 5.69 Å². The maximum absolute atomic E-state index is 4.35. The van der Waals surface area contributed by atoms with Crippen LogP contribution in [0.1, 0.15) is 5.56 Å². The zero-order valence-electron chi connectivity index (χ0n) is 10.8. The van der Waals surface area contributed by atoms with E-state index < -0.39 is 0 Å². The Hall–Kier alpha value is -1.54. The summed E-state index contributed by atoms with van der Waals surface area (Å²) >= 11 is 4.32. The first-order chi connectivity index (χ1) is 9.36. The van der Waals surface area contributed by atoms with Crippen molar-refractivity contribution >= 4 is 24.5 Å². The van der Waals surface area contributed by atoms with Gasteiger partial charge in [0.25, 0.3) is 0 Å². The van der Waals surface area contributed by atoms with Gasteiger partial charge >= 0.3 is 17.1 Å². The van der Waals surface area contributed by atoms with Gasteiger partial charge in [0.1, 0.15) is 0 Å². The largest absolute Gasteiger partial charge is 2.00 e. The summed E-state index contributed by atoms with van der Waals surface area (Å²) in [5.74, 6) is 0. The molecule has 3 aromatic carbocycles. The minimum atomic E-state index is 0. The van der Waals surface area contributed by atoms with Gasteiger partial charge in [-0.15, -0.1) is 18.2 Å². The molecule has 0 aliphatic heterocycles. The Bertz CT molecular complexity index is 581. The van der Waals surface area contributed by atoms with E-state index in [1.54, 1.807) is 0 Å². The Labute approximate surface area is 136 Å². The normalized spacial score (nSPS) is 9.65. The summed E-state index contributed by atoms with van der Waals surface area (Å²) in [5.41, 5.74) is 2.01. The van der Waals surface area contributed by atoms with E-state index >= 15 is 0 Å². The maximum atomic E-state index is 4.35. The van der Waals surface area contributed by atoms with Crippen molar-refractivity contribution < 1.29 is 17.1 Å². The van der Waals surface area contributed by atoms with Crippen LogP contribution in [0.5, 0.6) is 0 Å². The molecule has 3 rings (SSSR count). The van der Waals surface area contributed by atoms with E-state index in [-0.39, 0.29) is 17.1 Å². The Morgan fingerprint density at radius 1 is 0.950 bits per heavy atom. The molecule has 0 fully saturated rings. The van der Waals surface area contributed by atoms with Crippen LogP contribution < -0.4 is 0 Å². The van der Waals surface area contributed by atoms with Gasteiger partial charge in [-0.25, -0.2) is 24.3 Å². The van der Waals surface area contributed by atoms with E-state index in [0.29, 0.717) is 0 Å². The van der Waals surface area contributed by atoms with Gasteiger partial charge in [-0.3, -0.25) is 4.99 Å². The molecule has 0 heterocycles. The molecule has 20 heavy (non-hydrogen) atoms. The monoisotopic (exact) mass is 321 g/mol. The number of thiol groups is 1. The topological polar surface area (TPSA) is 12.4 Å². The summed E-state index contributed by atoms with van der Waals surface area (Å²) in [5, 5.41) is 0. The number of benzene rings is 1. The molecule has 0 aliphatic rings. The van der Waals surface area contributed by atoms with Gasteiger partial charge in [-0.05, 0) is 18.3 Å². The van der Waals surface area contributed by atoms with Gasteiger partial charge in [-0.1, -0.05) is 12.1 Å². The molecule has 0 N–H and O–H groups in total. The van der Waals surface area contributed by atoms with Gasteiger partial charge < -0.3 is 0 Å². The zero-order valence-corrected chi connectivity index (χ0v) is 12.8. The van der Waals surface area contributed by atoms with Crippen LogP contribution in [0.3, 0.4) is 0 Å². The third-order valence-corrected chi connectivity index (χ3v) is 2.86. The van der Waals surface area contributed by atoms with Crippen LogP contribution in [-0.2, 0) is 17.1 Å². The minimum absolute atomic E-state index is 0. The van der Waals surface area contributed by atoms with Crippen molar-refractivity contribution in [3.8, 4) is 0 Å². The molecule has 0 radical (unpaired) electrons. The molecule has 0 unspecified atom stereocenters. The van der Waals surface area contributed by atoms with Crippen LogP contribution in [0.15, 0.2) is 88.8 Å². The molecule has 0 saturated heterocycles. The fraction of sp³-hybridized carbons (Fsp3) is 0. The summed E-state index contributed by atoms with van der Waals surface area (Å²) < 4.78 is 0. The van der Waals surface area contributed by atoms with Gasteiger partial charge in [0, 0.05) is 4.90 Å². The van der Waals surface area contributed by atoms with Crippen LogP contribution >= 0.6 is 12.6 Å². The van der Waals surface area contributed by atoms with Crippen LogP contribution in [0, 0.1) is 0 Å². The Morgan fingerprint density at radius 2 is 1.60 bits per heavy atom. The van der Waals surface area contributed by atoms with Crippen molar-refractivity contribution in [2.45, 2.75) is 4.90 Å². The summed E-state index contributed by atoms with van der Waals surface area (Å²) in [6.07, 6.45) is 1.84. The number of nitrogens with zero attached hydrogens (tertiary/aromatic N) is 1. The quantitative estimate of drug-likeness (QED) is 0.300. The summed E-state index contributed by atoms with van der Waals surface area (Å²) in [7, 11) is 0. The third kappa shape index (κ3) is 5.62. The predicted octanol–water partition coefficient (Wildman–Crippen LogP) is 4.85. The number of hydrogen-bond donors (Lipinski definition) is 1. The number of aliphatic imine (C=N–C) groups is 1. The van der Waals surface area contributed by atoms with Crippen molar-refractivity contribution in [1.82, 2.24) is 0 Å². The first-order valence-corrected chi connectivity index (χ1v) is 6.51. The van der Waals surface area contributed by atoms with Crippen molar-refractivity contribution in [2.24, 2.45) is 4.99 Å². The van der Waals surface area contributed by atoms with E-state index in [9.17, 15) is 0 Å². The zero-order chi connectivity index (χ0) is 13.3. The molecule has 1 nitrogen and oxygen atoms in total. The molecule has 0 amide bonds. The van der Waals surface area contributed by atoms with Crippen molar-refractivity contribution in [3.63, 3.8) is 0 Å². The summed E-state index contributed by atoms with van der Waals surface area (Å²) in [4.78, 5) is 5.25. The van der Waals surface area contributed by atoms with Crippen molar-refractivity contribution in [2.75, 3.05) is 0 Å². The summed E-state index contributed by atoms with van der Waals surface area (Å²) in [6.45, 7) is 0. The Balaban J connectivity index is 0.000000283. The molecule has 3 aromatic rings. The minimum Gasteiger partial charge on any atom is -0.268 e. The van der Waals surface area contributed by atoms with Crippen LogP contribution in [0.2, 0.25) is 0 Å². The SMILES string of the molecule is Sc1ccccc1N=C[c-]1cccc1.[Fe+2].c1cc[cH-]c1. The van der Waals surface area contributed by atoms with Crippen molar-refractivity contribution in [3.05, 3.63) is 84.4 Å². The molecule has 0 bridgehead atoms. The van der Waals surface area contributed by atoms with E-state index in [4.69, 9.17) is 0 Å². The fourth-order valence-electron chi connectivity index (χ4n) is 1.51. The van der Waals surface area contributed by atoms with Crippen LogP contribution in [-0.4, -0.2) is 6.21 Å². The molecular weight excluding hydrogens is 306 g/mol. The fourth-order valence-corrected chi connectivity index (χ4v) is 1.73. The second-order valence-electron chi connectivity index (χ2n) is 3.93. The molecule has 0 aromatic heterocycles. The molecule has 102 valence electrons. The molecule has 0 saturated carbocycles. The number of para-hydroxylation sites is 1. The van der Waals surface area contributed by atoms with Crippen LogP contribution in [0.25, 0.3) is 0 Å². The van der Waals surface area contributed by atoms with Crippen LogP contribution in [0.4, 0.5) is 5.69 Å². The van der Waals surface area contributed by atoms with E-state index in [1.807, 2.05) is 85.1 Å². The molecule has 0 aliphatic carbocycles. The first-order valence-electron chi connectivity index (χ1n) is 6.07. The number of rotatable bonds is 2. The van der Waals surface area contributed by atoms with Gasteiger partial charge in [0.15, 0.2) is 0 Å². The molecule has 0 spiro atoms. The number of hydrogen-bond acceptors (Lipinski definition) is 2. The average Bonchev–Trinajstić information content (AvgIpc) is 3.14. The van der Waals surface area contributed by atoms with E-state index in [1.165, 1.54) is 0 Å². The maximum Gasteiger partial charge on any atom is 2.00 e. The Kier molecular flexibility index (Phi) is 7.74. The van der Waals surface area contributed by atoms with E-state index in [0.717, 1.165) is 16.1 Å². The molecular formula is C17H15FeNS. The Morgan fingerprint density at radius 3 is 2.15 bits per heavy atom. The average molecular weight is 321 g/mol. The molecule has 3 heteroatoms. The standard InChI is InChI=1S/C12H10NS.C5H5.Fe/c14-12-8-4-3-7-11(12)13-9-10-5-1-2-6-10;1-2-4-5-3-1;/h1-9,14H;1-5H;/q2*-1;+2. The predicted molar refractivity (Wildman–Crippen MR) is 85.0 cm³/mol.